The van der Waals surface area contributed by atoms with Gasteiger partial charge in [-0.25, -0.2) is 9.78 Å². The maximum absolute atomic E-state index is 12.0. The summed E-state index contributed by atoms with van der Waals surface area (Å²) in [5, 5.41) is 0.908. The molecule has 0 atom stereocenters. The van der Waals surface area contributed by atoms with Crippen LogP contribution in [0.4, 0.5) is 0 Å². The van der Waals surface area contributed by atoms with Gasteiger partial charge in [0, 0.05) is 12.0 Å². The van der Waals surface area contributed by atoms with Crippen LogP contribution >= 0.6 is 11.3 Å². The zero-order chi connectivity index (χ0) is 15.4. The number of methoxy groups -OCH3 is 1. The highest BCUT2D eigenvalue weighted by Crippen LogP contribution is 2.30. The Labute approximate surface area is 133 Å². The smallest absolute Gasteiger partial charge is 0.350 e. The molecule has 1 aromatic heterocycles. The minimum atomic E-state index is -0.337. The van der Waals surface area contributed by atoms with Crippen molar-refractivity contribution < 1.29 is 9.53 Å². The number of ether oxygens (including phenoxy) is 1. The third-order valence-electron chi connectivity index (χ3n) is 3.29. The molecule has 0 saturated carbocycles. The number of carbonyl (C=O) groups is 1. The van der Waals surface area contributed by atoms with Crippen LogP contribution in [0.3, 0.4) is 0 Å². The van der Waals surface area contributed by atoms with Crippen LogP contribution in [-0.4, -0.2) is 18.1 Å². The molecule has 4 heteroatoms. The molecule has 0 aliphatic heterocycles. The molecule has 0 fully saturated rings. The van der Waals surface area contributed by atoms with Gasteiger partial charge in [-0.05, 0) is 5.56 Å². The summed E-state index contributed by atoms with van der Waals surface area (Å²) in [7, 11) is 1.40. The van der Waals surface area contributed by atoms with Crippen molar-refractivity contribution in [3.05, 3.63) is 76.1 Å². The first-order valence-electron chi connectivity index (χ1n) is 6.95. The van der Waals surface area contributed by atoms with Crippen molar-refractivity contribution >= 4 is 17.3 Å². The Morgan fingerprint density at radius 2 is 1.68 bits per heavy atom. The molecule has 0 unspecified atom stereocenters. The van der Waals surface area contributed by atoms with E-state index in [0.717, 1.165) is 10.6 Å². The summed E-state index contributed by atoms with van der Waals surface area (Å²) in [6.45, 7) is 0. The SMILES string of the molecule is COC(=O)c1sc(Cc2ccccc2)nc1-c1ccccc1. The Morgan fingerprint density at radius 1 is 1.05 bits per heavy atom. The Morgan fingerprint density at radius 3 is 2.32 bits per heavy atom. The van der Waals surface area contributed by atoms with Gasteiger partial charge in [-0.1, -0.05) is 60.7 Å². The highest BCUT2D eigenvalue weighted by Gasteiger charge is 2.19. The molecular weight excluding hydrogens is 294 g/mol. The minimum absolute atomic E-state index is 0.337. The van der Waals surface area contributed by atoms with Crippen molar-refractivity contribution in [1.29, 1.82) is 0 Å². The summed E-state index contributed by atoms with van der Waals surface area (Å²) in [6.07, 6.45) is 0.711. The summed E-state index contributed by atoms with van der Waals surface area (Å²) in [5.41, 5.74) is 2.80. The van der Waals surface area contributed by atoms with Crippen molar-refractivity contribution in [1.82, 2.24) is 4.98 Å². The van der Waals surface area contributed by atoms with Crippen molar-refractivity contribution in [3.8, 4) is 11.3 Å². The highest BCUT2D eigenvalue weighted by molar-refractivity contribution is 7.14. The predicted octanol–water partition coefficient (Wildman–Crippen LogP) is 4.19. The van der Waals surface area contributed by atoms with Gasteiger partial charge < -0.3 is 4.74 Å². The first-order valence-corrected chi connectivity index (χ1v) is 7.77. The summed E-state index contributed by atoms with van der Waals surface area (Å²) < 4.78 is 4.89. The number of hydrogen-bond acceptors (Lipinski definition) is 4. The van der Waals surface area contributed by atoms with Crippen LogP contribution in [0, 0.1) is 0 Å². The summed E-state index contributed by atoms with van der Waals surface area (Å²) in [5.74, 6) is -0.337. The van der Waals surface area contributed by atoms with Gasteiger partial charge in [-0.15, -0.1) is 11.3 Å². The average molecular weight is 309 g/mol. The van der Waals surface area contributed by atoms with E-state index >= 15 is 0 Å². The lowest BCUT2D eigenvalue weighted by Crippen LogP contribution is -2.00. The number of nitrogens with zero attached hydrogens (tertiary/aromatic N) is 1. The van der Waals surface area contributed by atoms with E-state index in [-0.39, 0.29) is 5.97 Å². The lowest BCUT2D eigenvalue weighted by molar-refractivity contribution is 0.0607. The number of benzene rings is 2. The molecule has 0 radical (unpaired) electrons. The third-order valence-corrected chi connectivity index (χ3v) is 4.32. The molecule has 0 bridgehead atoms. The van der Waals surface area contributed by atoms with Crippen LogP contribution in [0.15, 0.2) is 60.7 Å². The molecule has 3 rings (SSSR count). The fourth-order valence-corrected chi connectivity index (χ4v) is 3.27. The van der Waals surface area contributed by atoms with Gasteiger partial charge in [0.25, 0.3) is 0 Å². The Hall–Kier alpha value is -2.46. The van der Waals surface area contributed by atoms with E-state index < -0.39 is 0 Å². The van der Waals surface area contributed by atoms with E-state index in [4.69, 9.17) is 4.74 Å². The molecule has 0 aliphatic rings. The van der Waals surface area contributed by atoms with Gasteiger partial charge in [0.2, 0.25) is 0 Å². The number of hydrogen-bond donors (Lipinski definition) is 0. The fraction of sp³-hybridized carbons (Fsp3) is 0.111. The van der Waals surface area contributed by atoms with E-state index in [9.17, 15) is 4.79 Å². The largest absolute Gasteiger partial charge is 0.465 e. The second kappa shape index (κ2) is 6.54. The average Bonchev–Trinajstić information content (AvgIpc) is 3.00. The second-order valence-corrected chi connectivity index (χ2v) is 5.89. The molecule has 22 heavy (non-hydrogen) atoms. The first-order chi connectivity index (χ1) is 10.8. The van der Waals surface area contributed by atoms with E-state index in [1.807, 2.05) is 48.5 Å². The normalized spacial score (nSPS) is 10.4. The monoisotopic (exact) mass is 309 g/mol. The lowest BCUT2D eigenvalue weighted by atomic mass is 10.1. The van der Waals surface area contributed by atoms with Gasteiger partial charge in [0.15, 0.2) is 0 Å². The topological polar surface area (TPSA) is 39.2 Å². The van der Waals surface area contributed by atoms with Crippen molar-refractivity contribution in [2.75, 3.05) is 7.11 Å². The number of aromatic nitrogens is 1. The Kier molecular flexibility index (Phi) is 4.30. The zero-order valence-electron chi connectivity index (χ0n) is 12.2. The van der Waals surface area contributed by atoms with Crippen LogP contribution < -0.4 is 0 Å². The van der Waals surface area contributed by atoms with E-state index in [1.165, 1.54) is 24.0 Å². The van der Waals surface area contributed by atoms with Crippen LogP contribution in [0.1, 0.15) is 20.2 Å². The number of thiazole rings is 1. The van der Waals surface area contributed by atoms with Gasteiger partial charge in [0.1, 0.15) is 4.88 Å². The number of esters is 1. The van der Waals surface area contributed by atoms with Gasteiger partial charge in [-0.2, -0.15) is 0 Å². The van der Waals surface area contributed by atoms with Crippen LogP contribution in [-0.2, 0) is 11.2 Å². The Balaban J connectivity index is 2.00. The standard InChI is InChI=1S/C18H15NO2S/c1-21-18(20)17-16(14-10-6-3-7-11-14)19-15(22-17)12-13-8-4-2-5-9-13/h2-11H,12H2,1H3. The fourth-order valence-electron chi connectivity index (χ4n) is 2.23. The highest BCUT2D eigenvalue weighted by atomic mass is 32.1. The first kappa shape index (κ1) is 14.5. The number of carbonyl (C=O) groups excluding carboxylic acids is 1. The minimum Gasteiger partial charge on any atom is -0.465 e. The molecule has 0 aliphatic carbocycles. The summed E-state index contributed by atoms with van der Waals surface area (Å²) >= 11 is 1.40. The van der Waals surface area contributed by atoms with Crippen LogP contribution in [0.2, 0.25) is 0 Å². The summed E-state index contributed by atoms with van der Waals surface area (Å²) in [4.78, 5) is 17.2. The molecule has 3 aromatic rings. The summed E-state index contributed by atoms with van der Waals surface area (Å²) in [6, 6.07) is 19.8. The molecular formula is C18H15NO2S. The second-order valence-electron chi connectivity index (χ2n) is 4.81. The van der Waals surface area contributed by atoms with Crippen molar-refractivity contribution in [2.24, 2.45) is 0 Å². The molecule has 110 valence electrons. The predicted molar refractivity (Wildman–Crippen MR) is 88.1 cm³/mol. The van der Waals surface area contributed by atoms with E-state index in [2.05, 4.69) is 17.1 Å². The van der Waals surface area contributed by atoms with Crippen LogP contribution in [0.25, 0.3) is 11.3 Å². The van der Waals surface area contributed by atoms with Gasteiger partial charge in [0.05, 0.1) is 17.8 Å². The zero-order valence-corrected chi connectivity index (χ0v) is 13.0. The van der Waals surface area contributed by atoms with Crippen molar-refractivity contribution in [2.45, 2.75) is 6.42 Å². The van der Waals surface area contributed by atoms with E-state index in [0.29, 0.717) is 17.0 Å². The quantitative estimate of drug-likeness (QED) is 0.678. The maximum atomic E-state index is 12.0. The van der Waals surface area contributed by atoms with Crippen LogP contribution in [0.5, 0.6) is 0 Å². The number of rotatable bonds is 4. The van der Waals surface area contributed by atoms with Gasteiger partial charge >= 0.3 is 5.97 Å². The maximum Gasteiger partial charge on any atom is 0.350 e. The van der Waals surface area contributed by atoms with Crippen molar-refractivity contribution in [3.63, 3.8) is 0 Å². The van der Waals surface area contributed by atoms with E-state index in [1.54, 1.807) is 0 Å². The molecule has 0 saturated heterocycles. The molecule has 2 aromatic carbocycles. The molecule has 0 amide bonds. The third kappa shape index (κ3) is 3.07. The molecule has 1 heterocycles. The molecule has 3 nitrogen and oxygen atoms in total. The molecule has 0 N–H and O–H groups in total. The molecule has 0 spiro atoms. The van der Waals surface area contributed by atoms with Gasteiger partial charge in [-0.3, -0.25) is 0 Å². The Bertz CT molecular complexity index is 766. The lowest BCUT2D eigenvalue weighted by Gasteiger charge is -2.00.